The number of amides is 2. The molecule has 1 saturated carbocycles. The Bertz CT molecular complexity index is 383. The second-order valence-electron chi connectivity index (χ2n) is 5.99. The molecule has 1 fully saturated rings. The molecular formula is C14H24N2O4. The van der Waals surface area contributed by atoms with Crippen LogP contribution in [0.5, 0.6) is 0 Å². The number of hydrogen-bond acceptors (Lipinski definition) is 4. The molecule has 1 N–H and O–H groups in total. The van der Waals surface area contributed by atoms with Crippen molar-refractivity contribution >= 4 is 17.8 Å². The van der Waals surface area contributed by atoms with Crippen LogP contribution in [0, 0.1) is 5.41 Å². The second-order valence-corrected chi connectivity index (χ2v) is 5.99. The van der Waals surface area contributed by atoms with Crippen molar-refractivity contribution < 1.29 is 19.1 Å². The van der Waals surface area contributed by atoms with Crippen LogP contribution >= 0.6 is 0 Å². The highest BCUT2D eigenvalue weighted by Gasteiger charge is 2.34. The lowest BCUT2D eigenvalue weighted by molar-refractivity contribution is -0.149. The Balaban J connectivity index is 2.49. The molecule has 0 aromatic rings. The van der Waals surface area contributed by atoms with Gasteiger partial charge in [-0.3, -0.25) is 14.4 Å². The third-order valence-corrected chi connectivity index (χ3v) is 2.99. The summed E-state index contributed by atoms with van der Waals surface area (Å²) in [5, 5.41) is 2.61. The van der Waals surface area contributed by atoms with Gasteiger partial charge in [0.2, 0.25) is 11.8 Å². The van der Waals surface area contributed by atoms with Gasteiger partial charge in [-0.25, -0.2) is 0 Å². The average molecular weight is 284 g/mol. The number of esters is 1. The third-order valence-electron chi connectivity index (χ3n) is 2.99. The molecule has 20 heavy (non-hydrogen) atoms. The molecule has 0 bridgehead atoms. The molecule has 1 rings (SSSR count). The van der Waals surface area contributed by atoms with Crippen LogP contribution in [0.4, 0.5) is 0 Å². The van der Waals surface area contributed by atoms with E-state index in [0.29, 0.717) is 6.61 Å². The van der Waals surface area contributed by atoms with Gasteiger partial charge in [0.15, 0.2) is 0 Å². The molecule has 0 aliphatic heterocycles. The van der Waals surface area contributed by atoms with Crippen LogP contribution in [0.1, 0.15) is 40.5 Å². The van der Waals surface area contributed by atoms with Crippen LogP contribution in [-0.4, -0.2) is 48.4 Å². The lowest BCUT2D eigenvalue weighted by atomic mass is 9.96. The molecular weight excluding hydrogens is 260 g/mol. The maximum absolute atomic E-state index is 12.1. The van der Waals surface area contributed by atoms with Crippen LogP contribution in [0.25, 0.3) is 0 Å². The molecule has 0 aromatic heterocycles. The molecule has 1 aliphatic rings. The highest BCUT2D eigenvalue weighted by Crippen LogP contribution is 2.26. The standard InChI is InChI=1S/C14H24N2O4/c1-5-20-12(18)9-16(10-6-7-10)11(17)8-15-13(19)14(2,3)4/h10H,5-9H2,1-4H3,(H,15,19). The van der Waals surface area contributed by atoms with Gasteiger partial charge in [-0.05, 0) is 19.8 Å². The molecule has 2 amide bonds. The summed E-state index contributed by atoms with van der Waals surface area (Å²) >= 11 is 0. The quantitative estimate of drug-likeness (QED) is 0.729. The van der Waals surface area contributed by atoms with Crippen molar-refractivity contribution in [3.05, 3.63) is 0 Å². The zero-order valence-corrected chi connectivity index (χ0v) is 12.7. The molecule has 0 radical (unpaired) electrons. The zero-order valence-electron chi connectivity index (χ0n) is 12.7. The summed E-state index contributed by atoms with van der Waals surface area (Å²) in [7, 11) is 0. The van der Waals surface area contributed by atoms with Gasteiger partial charge < -0.3 is 15.0 Å². The number of carbonyl (C=O) groups is 3. The van der Waals surface area contributed by atoms with Crippen molar-refractivity contribution in [3.63, 3.8) is 0 Å². The van der Waals surface area contributed by atoms with E-state index in [4.69, 9.17) is 4.74 Å². The van der Waals surface area contributed by atoms with Crippen molar-refractivity contribution in [2.24, 2.45) is 5.41 Å². The molecule has 0 aromatic carbocycles. The van der Waals surface area contributed by atoms with Crippen molar-refractivity contribution in [2.75, 3.05) is 19.7 Å². The minimum atomic E-state index is -0.536. The van der Waals surface area contributed by atoms with Gasteiger partial charge in [0.25, 0.3) is 0 Å². The normalized spacial score (nSPS) is 14.6. The topological polar surface area (TPSA) is 75.7 Å². The number of hydrogen-bond donors (Lipinski definition) is 1. The van der Waals surface area contributed by atoms with E-state index in [1.165, 1.54) is 4.90 Å². The van der Waals surface area contributed by atoms with Gasteiger partial charge in [0.1, 0.15) is 6.54 Å². The summed E-state index contributed by atoms with van der Waals surface area (Å²) < 4.78 is 4.86. The van der Waals surface area contributed by atoms with E-state index in [1.807, 2.05) is 0 Å². The first-order chi connectivity index (χ1) is 9.25. The monoisotopic (exact) mass is 284 g/mol. The Morgan fingerprint density at radius 3 is 2.30 bits per heavy atom. The number of carbonyl (C=O) groups excluding carboxylic acids is 3. The fourth-order valence-electron chi connectivity index (χ4n) is 1.68. The van der Waals surface area contributed by atoms with Gasteiger partial charge in [0, 0.05) is 11.5 Å². The van der Waals surface area contributed by atoms with Crippen molar-refractivity contribution in [1.82, 2.24) is 10.2 Å². The van der Waals surface area contributed by atoms with Crippen LogP contribution in [0.3, 0.4) is 0 Å². The molecule has 114 valence electrons. The van der Waals surface area contributed by atoms with Gasteiger partial charge in [-0.15, -0.1) is 0 Å². The first-order valence-electron chi connectivity index (χ1n) is 6.99. The fourth-order valence-corrected chi connectivity index (χ4v) is 1.68. The van der Waals surface area contributed by atoms with Crippen molar-refractivity contribution in [3.8, 4) is 0 Å². The van der Waals surface area contributed by atoms with E-state index in [2.05, 4.69) is 5.32 Å². The Labute approximate surface area is 119 Å². The van der Waals surface area contributed by atoms with Crippen molar-refractivity contribution in [1.29, 1.82) is 0 Å². The van der Waals surface area contributed by atoms with E-state index in [9.17, 15) is 14.4 Å². The third kappa shape index (κ3) is 5.19. The largest absolute Gasteiger partial charge is 0.465 e. The predicted molar refractivity (Wildman–Crippen MR) is 73.8 cm³/mol. The molecule has 0 saturated heterocycles. The van der Waals surface area contributed by atoms with E-state index < -0.39 is 11.4 Å². The Morgan fingerprint density at radius 2 is 1.85 bits per heavy atom. The van der Waals surface area contributed by atoms with E-state index in [1.54, 1.807) is 27.7 Å². The maximum atomic E-state index is 12.1. The molecule has 0 heterocycles. The Morgan fingerprint density at radius 1 is 1.25 bits per heavy atom. The minimum absolute atomic E-state index is 0.0390. The molecule has 1 aliphatic carbocycles. The second kappa shape index (κ2) is 6.72. The molecule has 0 atom stereocenters. The van der Waals surface area contributed by atoms with E-state index in [0.717, 1.165) is 12.8 Å². The average Bonchev–Trinajstić information content (AvgIpc) is 3.15. The van der Waals surface area contributed by atoms with Gasteiger partial charge in [-0.1, -0.05) is 20.8 Å². The number of ether oxygens (including phenoxy) is 1. The summed E-state index contributed by atoms with van der Waals surface area (Å²) in [5.74, 6) is -0.828. The van der Waals surface area contributed by atoms with E-state index >= 15 is 0 Å². The van der Waals surface area contributed by atoms with Crippen LogP contribution < -0.4 is 5.32 Å². The molecule has 6 heteroatoms. The molecule has 0 unspecified atom stereocenters. The lowest BCUT2D eigenvalue weighted by Gasteiger charge is -2.23. The van der Waals surface area contributed by atoms with Gasteiger partial charge >= 0.3 is 5.97 Å². The summed E-state index contributed by atoms with van der Waals surface area (Å²) in [4.78, 5) is 36.8. The lowest BCUT2D eigenvalue weighted by Crippen LogP contribution is -2.46. The van der Waals surface area contributed by atoms with Gasteiger partial charge in [-0.2, -0.15) is 0 Å². The van der Waals surface area contributed by atoms with Gasteiger partial charge in [0.05, 0.1) is 13.2 Å². The zero-order chi connectivity index (χ0) is 15.3. The smallest absolute Gasteiger partial charge is 0.325 e. The first-order valence-corrected chi connectivity index (χ1v) is 6.99. The van der Waals surface area contributed by atoms with E-state index in [-0.39, 0.29) is 30.9 Å². The minimum Gasteiger partial charge on any atom is -0.465 e. The summed E-state index contributed by atoms with van der Waals surface area (Å²) in [6.07, 6.45) is 1.80. The fraction of sp³-hybridized carbons (Fsp3) is 0.786. The summed E-state index contributed by atoms with van der Waals surface area (Å²) in [6, 6.07) is 0.110. The number of nitrogens with zero attached hydrogens (tertiary/aromatic N) is 1. The number of nitrogens with one attached hydrogen (secondary N) is 1. The Kier molecular flexibility index (Phi) is 5.53. The highest BCUT2D eigenvalue weighted by atomic mass is 16.5. The SMILES string of the molecule is CCOC(=O)CN(C(=O)CNC(=O)C(C)(C)C)C1CC1. The molecule has 6 nitrogen and oxygen atoms in total. The Hall–Kier alpha value is -1.59. The summed E-state index contributed by atoms with van der Waals surface area (Å²) in [5.41, 5.74) is -0.536. The number of rotatable bonds is 6. The van der Waals surface area contributed by atoms with Crippen molar-refractivity contribution in [2.45, 2.75) is 46.6 Å². The molecule has 0 spiro atoms. The predicted octanol–water partition coefficient (Wildman–Crippen LogP) is 0.703. The summed E-state index contributed by atoms with van der Waals surface area (Å²) in [6.45, 7) is 7.25. The van der Waals surface area contributed by atoms with Crippen LogP contribution in [0.15, 0.2) is 0 Å². The highest BCUT2D eigenvalue weighted by molar-refractivity contribution is 5.89. The first kappa shape index (κ1) is 16.5. The van der Waals surface area contributed by atoms with Crippen LogP contribution in [0.2, 0.25) is 0 Å². The maximum Gasteiger partial charge on any atom is 0.325 e. The van der Waals surface area contributed by atoms with Crippen LogP contribution in [-0.2, 0) is 19.1 Å².